The second-order valence-electron chi connectivity index (χ2n) is 7.04. The lowest BCUT2D eigenvalue weighted by molar-refractivity contribution is -0.0885. The number of hydrogen-bond acceptors (Lipinski definition) is 4. The van der Waals surface area contributed by atoms with E-state index < -0.39 is 0 Å². The van der Waals surface area contributed by atoms with Gasteiger partial charge in [-0.05, 0) is 44.3 Å². The van der Waals surface area contributed by atoms with E-state index in [0.717, 1.165) is 23.1 Å². The molecule has 3 aliphatic heterocycles. The number of hydrogen-bond donors (Lipinski definition) is 1. The average Bonchev–Trinajstić information content (AvgIpc) is 2.61. The zero-order valence-corrected chi connectivity index (χ0v) is 14.3. The average molecular weight is 324 g/mol. The number of ether oxygens (including phenoxy) is 1. The molecule has 3 aliphatic rings. The van der Waals surface area contributed by atoms with Crippen LogP contribution in [0.2, 0.25) is 0 Å². The van der Waals surface area contributed by atoms with Gasteiger partial charge in [-0.2, -0.15) is 0 Å². The van der Waals surface area contributed by atoms with E-state index in [1.165, 1.54) is 25.9 Å². The van der Waals surface area contributed by atoms with Crippen molar-refractivity contribution in [3.8, 4) is 0 Å². The molecule has 5 heteroatoms. The zero-order chi connectivity index (χ0) is 16.6. The number of piperidine rings is 3. The summed E-state index contributed by atoms with van der Waals surface area (Å²) in [6, 6.07) is 10.8. The van der Waals surface area contributed by atoms with Crippen molar-refractivity contribution in [2.75, 3.05) is 32.0 Å². The Morgan fingerprint density at radius 1 is 1.29 bits per heavy atom. The Morgan fingerprint density at radius 2 is 2.04 bits per heavy atom. The molecule has 0 radical (unpaired) electrons. The van der Waals surface area contributed by atoms with Crippen molar-refractivity contribution in [2.45, 2.75) is 25.4 Å². The fourth-order valence-corrected chi connectivity index (χ4v) is 4.00. The van der Waals surface area contributed by atoms with Crippen LogP contribution < -0.4 is 5.32 Å². The molecule has 1 N–H and O–H groups in total. The van der Waals surface area contributed by atoms with Crippen molar-refractivity contribution in [1.82, 2.24) is 9.88 Å². The molecule has 0 amide bonds. The molecular formula is C19H24N4O. The predicted octanol–water partition coefficient (Wildman–Crippen LogP) is 3.13. The number of fused-ring (bicyclic) bond motifs is 4. The maximum absolute atomic E-state index is 6.34. The monoisotopic (exact) mass is 324 g/mol. The zero-order valence-electron chi connectivity index (χ0n) is 14.3. The highest BCUT2D eigenvalue weighted by atomic mass is 16.5. The van der Waals surface area contributed by atoms with Crippen molar-refractivity contribution in [3.05, 3.63) is 36.5 Å². The lowest BCUT2D eigenvalue weighted by Crippen LogP contribution is -2.59. The fourth-order valence-electron chi connectivity index (χ4n) is 4.00. The van der Waals surface area contributed by atoms with Gasteiger partial charge in [-0.3, -0.25) is 10.2 Å². The Kier molecular flexibility index (Phi) is 3.88. The summed E-state index contributed by atoms with van der Waals surface area (Å²) >= 11 is 0. The third-order valence-corrected chi connectivity index (χ3v) is 5.39. The molecule has 5 rings (SSSR count). The smallest absolute Gasteiger partial charge is 0.290 e. The van der Waals surface area contributed by atoms with Gasteiger partial charge < -0.3 is 4.74 Å². The largest absolute Gasteiger partial charge is 0.457 e. The van der Waals surface area contributed by atoms with E-state index >= 15 is 0 Å². The van der Waals surface area contributed by atoms with Crippen LogP contribution in [0.1, 0.15) is 19.8 Å². The molecule has 1 aromatic heterocycles. The molecule has 1 atom stereocenters. The normalized spacial score (nSPS) is 29.7. The van der Waals surface area contributed by atoms with Crippen molar-refractivity contribution in [2.24, 2.45) is 10.9 Å². The van der Waals surface area contributed by atoms with Crippen molar-refractivity contribution >= 4 is 22.6 Å². The molecule has 0 spiro atoms. The highest BCUT2D eigenvalue weighted by Crippen LogP contribution is 2.38. The molecule has 3 saturated heterocycles. The summed E-state index contributed by atoms with van der Waals surface area (Å²) in [5, 5.41) is 5.53. The molecule has 1 aromatic carbocycles. The number of benzene rings is 1. The van der Waals surface area contributed by atoms with Crippen LogP contribution in [0.25, 0.3) is 10.8 Å². The third-order valence-electron chi connectivity index (χ3n) is 5.39. The quantitative estimate of drug-likeness (QED) is 0.681. The first-order valence-electron chi connectivity index (χ1n) is 8.66. The van der Waals surface area contributed by atoms with Crippen LogP contribution >= 0.6 is 0 Å². The summed E-state index contributed by atoms with van der Waals surface area (Å²) in [6.07, 6.45) is 4.30. The van der Waals surface area contributed by atoms with E-state index in [4.69, 9.17) is 4.74 Å². The third kappa shape index (κ3) is 2.84. The maximum Gasteiger partial charge on any atom is 0.290 e. The van der Waals surface area contributed by atoms with Crippen LogP contribution in [-0.4, -0.2) is 48.2 Å². The Bertz CT molecular complexity index is 767. The number of pyridine rings is 1. The summed E-state index contributed by atoms with van der Waals surface area (Å²) in [6.45, 7) is 5.58. The number of rotatable bonds is 2. The Hall–Kier alpha value is -2.14. The molecular weight excluding hydrogens is 300 g/mol. The van der Waals surface area contributed by atoms with Gasteiger partial charge in [0.25, 0.3) is 6.02 Å². The van der Waals surface area contributed by atoms with Crippen molar-refractivity contribution in [3.63, 3.8) is 0 Å². The summed E-state index contributed by atoms with van der Waals surface area (Å²) < 4.78 is 6.34. The minimum Gasteiger partial charge on any atom is -0.457 e. The lowest BCUT2D eigenvalue weighted by Gasteiger charge is -2.51. The molecule has 2 bridgehead atoms. The van der Waals surface area contributed by atoms with Crippen LogP contribution in [0, 0.1) is 5.92 Å². The molecule has 3 fully saturated rings. The van der Waals surface area contributed by atoms with E-state index in [-0.39, 0.29) is 5.60 Å². The number of anilines is 1. The number of aromatic nitrogens is 1. The van der Waals surface area contributed by atoms with Crippen LogP contribution in [-0.2, 0) is 4.74 Å². The summed E-state index contributed by atoms with van der Waals surface area (Å²) in [5.41, 5.74) is -0.171. The Balaban J connectivity index is 1.51. The van der Waals surface area contributed by atoms with E-state index in [0.29, 0.717) is 11.9 Å². The van der Waals surface area contributed by atoms with Gasteiger partial charge in [0, 0.05) is 31.1 Å². The number of amidine groups is 1. The van der Waals surface area contributed by atoms with Crippen LogP contribution in [0.3, 0.4) is 0 Å². The van der Waals surface area contributed by atoms with E-state index in [1.54, 1.807) is 7.05 Å². The predicted molar refractivity (Wildman–Crippen MR) is 97.4 cm³/mol. The van der Waals surface area contributed by atoms with Crippen LogP contribution in [0.5, 0.6) is 0 Å². The molecule has 2 aromatic rings. The Morgan fingerprint density at radius 3 is 2.71 bits per heavy atom. The molecule has 0 aliphatic carbocycles. The number of nitrogens with one attached hydrogen (secondary N) is 1. The first-order chi connectivity index (χ1) is 11.7. The van der Waals surface area contributed by atoms with Gasteiger partial charge in [0.1, 0.15) is 11.4 Å². The second kappa shape index (κ2) is 6.06. The van der Waals surface area contributed by atoms with Crippen LogP contribution in [0.4, 0.5) is 5.82 Å². The number of aliphatic imine (C=N–C) groups is 1. The fraction of sp³-hybridized carbons (Fsp3) is 0.474. The van der Waals surface area contributed by atoms with Gasteiger partial charge in [0.2, 0.25) is 0 Å². The van der Waals surface area contributed by atoms with Gasteiger partial charge in [-0.15, -0.1) is 0 Å². The topological polar surface area (TPSA) is 49.8 Å². The summed E-state index contributed by atoms with van der Waals surface area (Å²) in [7, 11) is 1.76. The Labute approximate surface area is 142 Å². The molecule has 0 unspecified atom stereocenters. The van der Waals surface area contributed by atoms with Gasteiger partial charge in [-0.25, -0.2) is 9.98 Å². The minimum absolute atomic E-state index is 0.171. The van der Waals surface area contributed by atoms with Crippen molar-refractivity contribution < 1.29 is 4.74 Å². The van der Waals surface area contributed by atoms with E-state index in [2.05, 4.69) is 39.2 Å². The molecule has 0 saturated carbocycles. The van der Waals surface area contributed by atoms with Gasteiger partial charge in [-0.1, -0.05) is 24.3 Å². The molecule has 4 heterocycles. The van der Waals surface area contributed by atoms with Crippen molar-refractivity contribution in [1.29, 1.82) is 0 Å². The van der Waals surface area contributed by atoms with Gasteiger partial charge in [0.05, 0.1) is 0 Å². The highest BCUT2D eigenvalue weighted by Gasteiger charge is 2.45. The van der Waals surface area contributed by atoms with E-state index in [1.807, 2.05) is 24.4 Å². The molecule has 126 valence electrons. The van der Waals surface area contributed by atoms with Gasteiger partial charge >= 0.3 is 0 Å². The lowest BCUT2D eigenvalue weighted by atomic mass is 9.76. The maximum atomic E-state index is 6.34. The number of nitrogens with zero attached hydrogens (tertiary/aromatic N) is 3. The molecule has 5 nitrogen and oxygen atoms in total. The van der Waals surface area contributed by atoms with Crippen LogP contribution in [0.15, 0.2) is 41.5 Å². The summed E-state index contributed by atoms with van der Waals surface area (Å²) in [5.74, 6) is 1.37. The first-order valence-corrected chi connectivity index (χ1v) is 8.66. The standard InChI is InChI=1S/C19H24N4O/c1-19(13-23-9-7-16(19)8-10-23)24-18(20-2)22-17-11-14-5-3-4-6-15(14)12-21-17/h3-6,11-12,16H,7-10,13H2,1-2H3,(H,20,21,22)/t19-/m0/s1. The SMILES string of the molecule is CN=C(Nc1cc2ccccc2cn1)O[C@@]1(C)CN2CCC1CC2. The van der Waals surface area contributed by atoms with E-state index in [9.17, 15) is 0 Å². The second-order valence-corrected chi connectivity index (χ2v) is 7.04. The molecule has 24 heavy (non-hydrogen) atoms. The minimum atomic E-state index is -0.171. The van der Waals surface area contributed by atoms with Gasteiger partial charge in [0.15, 0.2) is 0 Å². The highest BCUT2D eigenvalue weighted by molar-refractivity contribution is 5.91. The summed E-state index contributed by atoms with van der Waals surface area (Å²) in [4.78, 5) is 11.3. The first kappa shape index (κ1) is 15.4.